The van der Waals surface area contributed by atoms with Crippen molar-refractivity contribution in [1.29, 1.82) is 0 Å². The van der Waals surface area contributed by atoms with E-state index in [0.717, 1.165) is 22.5 Å². The molecule has 26 heavy (non-hydrogen) atoms. The summed E-state index contributed by atoms with van der Waals surface area (Å²) in [6.45, 7) is 3.91. The molecule has 1 aliphatic heterocycles. The van der Waals surface area contributed by atoms with Crippen molar-refractivity contribution in [1.82, 2.24) is 19.5 Å². The minimum Gasteiger partial charge on any atom is -0.495 e. The monoisotopic (exact) mass is 349 g/mol. The molecular formula is C19H19N5O2. The normalized spacial score (nSPS) is 16.1. The fourth-order valence-corrected chi connectivity index (χ4v) is 3.34. The molecule has 0 spiro atoms. The quantitative estimate of drug-likeness (QED) is 0.727. The molecule has 1 amide bonds. The molecule has 0 radical (unpaired) electrons. The highest BCUT2D eigenvalue weighted by molar-refractivity contribution is 6.11. The summed E-state index contributed by atoms with van der Waals surface area (Å²) in [6.07, 6.45) is 6.92. The van der Waals surface area contributed by atoms with Gasteiger partial charge in [-0.05, 0) is 31.5 Å². The number of carbonyl (C=O) groups is 1. The molecule has 7 nitrogen and oxygen atoms in total. The third-order valence-corrected chi connectivity index (χ3v) is 4.64. The third-order valence-electron chi connectivity index (χ3n) is 4.64. The van der Waals surface area contributed by atoms with Crippen molar-refractivity contribution in [3.05, 3.63) is 53.9 Å². The summed E-state index contributed by atoms with van der Waals surface area (Å²) >= 11 is 0. The summed E-state index contributed by atoms with van der Waals surface area (Å²) in [7, 11) is 3.49. The summed E-state index contributed by atoms with van der Waals surface area (Å²) in [4.78, 5) is 28.0. The maximum absolute atomic E-state index is 13.0. The smallest absolute Gasteiger partial charge is 0.262 e. The van der Waals surface area contributed by atoms with Gasteiger partial charge in [0.25, 0.3) is 5.91 Å². The molecule has 0 saturated carbocycles. The molecule has 1 unspecified atom stereocenters. The first-order chi connectivity index (χ1) is 12.5. The highest BCUT2D eigenvalue weighted by Crippen LogP contribution is 2.38. The molecule has 0 saturated heterocycles. The third kappa shape index (κ3) is 2.44. The Morgan fingerprint density at radius 1 is 1.23 bits per heavy atom. The molecule has 0 aliphatic carbocycles. The second-order valence-corrected chi connectivity index (χ2v) is 6.45. The summed E-state index contributed by atoms with van der Waals surface area (Å²) in [5.41, 5.74) is 3.94. The molecule has 4 rings (SSSR count). The Bertz CT molecular complexity index is 1010. The Morgan fingerprint density at radius 3 is 2.73 bits per heavy atom. The first kappa shape index (κ1) is 16.3. The van der Waals surface area contributed by atoms with E-state index in [1.54, 1.807) is 30.7 Å². The van der Waals surface area contributed by atoms with E-state index in [0.29, 0.717) is 17.1 Å². The maximum atomic E-state index is 13.0. The van der Waals surface area contributed by atoms with Crippen LogP contribution in [0, 0.1) is 6.92 Å². The average Bonchev–Trinajstić information content (AvgIpc) is 3.16. The fourth-order valence-electron chi connectivity index (χ4n) is 3.34. The van der Waals surface area contributed by atoms with Gasteiger partial charge in [-0.25, -0.2) is 9.97 Å². The van der Waals surface area contributed by atoms with Crippen LogP contribution in [0.2, 0.25) is 0 Å². The van der Waals surface area contributed by atoms with Crippen LogP contribution in [0.15, 0.2) is 37.1 Å². The number of pyridine rings is 2. The molecule has 0 bridgehead atoms. The van der Waals surface area contributed by atoms with Crippen molar-refractivity contribution in [2.75, 3.05) is 12.0 Å². The summed E-state index contributed by atoms with van der Waals surface area (Å²) in [5.74, 6) is 1.24. The average molecular weight is 349 g/mol. The summed E-state index contributed by atoms with van der Waals surface area (Å²) in [6, 6.07) is 3.62. The number of methoxy groups -OCH3 is 1. The van der Waals surface area contributed by atoms with Crippen molar-refractivity contribution in [3.8, 4) is 17.0 Å². The number of ether oxygens (including phenoxy) is 1. The maximum Gasteiger partial charge on any atom is 0.262 e. The van der Waals surface area contributed by atoms with E-state index in [1.807, 2.05) is 43.8 Å². The molecule has 7 heteroatoms. The van der Waals surface area contributed by atoms with Gasteiger partial charge < -0.3 is 9.30 Å². The lowest BCUT2D eigenvalue weighted by atomic mass is 10.0. The van der Waals surface area contributed by atoms with Crippen LogP contribution in [0.25, 0.3) is 11.3 Å². The Morgan fingerprint density at radius 2 is 2.04 bits per heavy atom. The van der Waals surface area contributed by atoms with Gasteiger partial charge in [-0.3, -0.25) is 14.7 Å². The largest absolute Gasteiger partial charge is 0.495 e. The molecule has 3 aromatic rings. The number of anilines is 1. The van der Waals surface area contributed by atoms with E-state index < -0.39 is 0 Å². The van der Waals surface area contributed by atoms with Crippen LogP contribution in [-0.2, 0) is 7.05 Å². The van der Waals surface area contributed by atoms with Gasteiger partial charge in [-0.15, -0.1) is 0 Å². The zero-order valence-corrected chi connectivity index (χ0v) is 15.1. The van der Waals surface area contributed by atoms with Gasteiger partial charge in [-0.2, -0.15) is 0 Å². The van der Waals surface area contributed by atoms with Gasteiger partial charge in [-0.1, -0.05) is 0 Å². The van der Waals surface area contributed by atoms with Crippen LogP contribution in [0.5, 0.6) is 5.75 Å². The van der Waals surface area contributed by atoms with Crippen molar-refractivity contribution in [2.45, 2.75) is 19.9 Å². The Kier molecular flexibility index (Phi) is 3.72. The van der Waals surface area contributed by atoms with E-state index in [4.69, 9.17) is 9.72 Å². The standard InChI is InChI=1S/C19H19N5O2/c1-11-5-15(13-6-14(26-4)8-20-7-13)22-18-12(2)24(19(25)17(11)18)16-9-23(3)10-21-16/h5-10,12H,1-4H3. The van der Waals surface area contributed by atoms with Crippen molar-refractivity contribution < 1.29 is 9.53 Å². The Hall–Kier alpha value is -3.22. The van der Waals surface area contributed by atoms with E-state index in [1.165, 1.54) is 0 Å². The van der Waals surface area contributed by atoms with Crippen molar-refractivity contribution >= 4 is 11.7 Å². The van der Waals surface area contributed by atoms with E-state index in [9.17, 15) is 4.79 Å². The molecule has 1 aliphatic rings. The summed E-state index contributed by atoms with van der Waals surface area (Å²) < 4.78 is 7.08. The highest BCUT2D eigenvalue weighted by atomic mass is 16.5. The number of aryl methyl sites for hydroxylation is 2. The van der Waals surface area contributed by atoms with Gasteiger partial charge in [0.1, 0.15) is 5.75 Å². The van der Waals surface area contributed by atoms with Gasteiger partial charge in [0.05, 0.1) is 42.6 Å². The lowest BCUT2D eigenvalue weighted by Crippen LogP contribution is -2.26. The minimum atomic E-state index is -0.190. The van der Waals surface area contributed by atoms with Gasteiger partial charge >= 0.3 is 0 Å². The fraction of sp³-hybridized carbons (Fsp3) is 0.263. The number of fused-ring (bicyclic) bond motifs is 1. The number of hydrogen-bond acceptors (Lipinski definition) is 5. The number of nitrogens with zero attached hydrogens (tertiary/aromatic N) is 5. The van der Waals surface area contributed by atoms with Crippen LogP contribution in [-0.4, -0.2) is 32.5 Å². The van der Waals surface area contributed by atoms with E-state index in [2.05, 4.69) is 9.97 Å². The number of imidazole rings is 1. The number of amides is 1. The van der Waals surface area contributed by atoms with Gasteiger partial charge in [0, 0.05) is 25.0 Å². The second kappa shape index (κ2) is 5.94. The minimum absolute atomic E-state index is 0.0634. The number of rotatable bonds is 3. The predicted molar refractivity (Wildman–Crippen MR) is 97.2 cm³/mol. The topological polar surface area (TPSA) is 73.1 Å². The lowest BCUT2D eigenvalue weighted by Gasteiger charge is -2.18. The molecule has 3 aromatic heterocycles. The number of hydrogen-bond donors (Lipinski definition) is 0. The van der Waals surface area contributed by atoms with Crippen LogP contribution in [0.1, 0.15) is 34.6 Å². The van der Waals surface area contributed by atoms with Gasteiger partial charge in [0.15, 0.2) is 5.82 Å². The van der Waals surface area contributed by atoms with Crippen molar-refractivity contribution in [3.63, 3.8) is 0 Å². The Labute approximate surface area is 151 Å². The second-order valence-electron chi connectivity index (χ2n) is 6.45. The number of aromatic nitrogens is 4. The molecule has 0 aromatic carbocycles. The summed E-state index contributed by atoms with van der Waals surface area (Å²) in [5, 5.41) is 0. The zero-order valence-electron chi connectivity index (χ0n) is 15.1. The van der Waals surface area contributed by atoms with E-state index >= 15 is 0 Å². The number of carbonyl (C=O) groups excluding carboxylic acids is 1. The van der Waals surface area contributed by atoms with Crippen LogP contribution >= 0.6 is 0 Å². The molecule has 4 heterocycles. The predicted octanol–water partition coefficient (Wildman–Crippen LogP) is 2.92. The van der Waals surface area contributed by atoms with Crippen LogP contribution in [0.3, 0.4) is 0 Å². The molecule has 1 atom stereocenters. The SMILES string of the molecule is COc1cncc(-c2cc(C)c3c(n2)C(C)N(c2cn(C)cn2)C3=O)c1. The van der Waals surface area contributed by atoms with Gasteiger partial charge in [0.2, 0.25) is 0 Å². The zero-order chi connectivity index (χ0) is 18.4. The Balaban J connectivity index is 1.81. The molecular weight excluding hydrogens is 330 g/mol. The molecule has 0 N–H and O–H groups in total. The van der Waals surface area contributed by atoms with Crippen molar-refractivity contribution in [2.24, 2.45) is 7.05 Å². The van der Waals surface area contributed by atoms with E-state index in [-0.39, 0.29) is 11.9 Å². The first-order valence-corrected chi connectivity index (χ1v) is 8.32. The first-order valence-electron chi connectivity index (χ1n) is 8.32. The highest BCUT2D eigenvalue weighted by Gasteiger charge is 2.39. The molecule has 132 valence electrons. The molecule has 0 fully saturated rings. The van der Waals surface area contributed by atoms with Crippen LogP contribution < -0.4 is 9.64 Å². The lowest BCUT2D eigenvalue weighted by molar-refractivity contribution is 0.0991. The van der Waals surface area contributed by atoms with Crippen LogP contribution in [0.4, 0.5) is 5.82 Å².